The number of unbranched alkanes of at least 4 members (excludes halogenated alkanes) is 2. The number of hydrogen-bond acceptors (Lipinski definition) is 3. The Hall–Kier alpha value is -0.930. The van der Waals surface area contributed by atoms with Gasteiger partial charge in [0.05, 0.1) is 11.7 Å². The molecular weight excluding hydrogens is 246 g/mol. The first kappa shape index (κ1) is 17.1. The molecule has 20 heavy (non-hydrogen) atoms. The Morgan fingerprint density at radius 3 is 2.45 bits per heavy atom. The first-order valence-electron chi connectivity index (χ1n) is 8.04. The van der Waals surface area contributed by atoms with Crippen LogP contribution in [0.3, 0.4) is 0 Å². The minimum absolute atomic E-state index is 0.133. The second-order valence-corrected chi connectivity index (χ2v) is 5.81. The van der Waals surface area contributed by atoms with Crippen LogP contribution in [0.25, 0.3) is 0 Å². The van der Waals surface area contributed by atoms with Crippen LogP contribution >= 0.6 is 0 Å². The Balaban J connectivity index is 2.93. The highest BCUT2D eigenvalue weighted by Gasteiger charge is 2.28. The van der Waals surface area contributed by atoms with Gasteiger partial charge in [0.1, 0.15) is 0 Å². The topological polar surface area (TPSA) is 42.2 Å². The van der Waals surface area contributed by atoms with E-state index in [1.165, 1.54) is 19.3 Å². The van der Waals surface area contributed by atoms with E-state index in [0.29, 0.717) is 6.04 Å². The molecule has 1 heterocycles. The molecule has 0 amide bonds. The van der Waals surface area contributed by atoms with Gasteiger partial charge in [-0.25, -0.2) is 0 Å². The summed E-state index contributed by atoms with van der Waals surface area (Å²) < 4.78 is 0. The smallest absolute Gasteiger partial charge is 0.0675 e. The van der Waals surface area contributed by atoms with Crippen LogP contribution in [0.2, 0.25) is 0 Å². The van der Waals surface area contributed by atoms with E-state index in [2.05, 4.69) is 49.7 Å². The van der Waals surface area contributed by atoms with Crippen molar-refractivity contribution in [3.63, 3.8) is 0 Å². The highest BCUT2D eigenvalue weighted by Crippen LogP contribution is 2.26. The fourth-order valence-corrected chi connectivity index (χ4v) is 2.67. The molecule has 0 aliphatic carbocycles. The number of pyridine rings is 1. The molecule has 3 nitrogen and oxygen atoms in total. The fraction of sp³-hybridized carbons (Fsp3) is 0.706. The van der Waals surface area contributed by atoms with Gasteiger partial charge in [0, 0.05) is 18.3 Å². The van der Waals surface area contributed by atoms with E-state index in [1.807, 2.05) is 12.3 Å². The Morgan fingerprint density at radius 1 is 1.20 bits per heavy atom. The lowest BCUT2D eigenvalue weighted by Crippen LogP contribution is -2.45. The molecule has 0 saturated carbocycles. The summed E-state index contributed by atoms with van der Waals surface area (Å²) in [5.74, 6) is 0. The number of nitrogens with two attached hydrogens (primary N) is 1. The van der Waals surface area contributed by atoms with Crippen LogP contribution in [-0.2, 0) is 0 Å². The molecule has 0 saturated heterocycles. The molecule has 1 aromatic rings. The molecule has 0 radical (unpaired) electrons. The van der Waals surface area contributed by atoms with E-state index >= 15 is 0 Å². The lowest BCUT2D eigenvalue weighted by Gasteiger charge is -2.38. The van der Waals surface area contributed by atoms with Crippen LogP contribution in [0.4, 0.5) is 0 Å². The standard InChI is InChI=1S/C17H31N3/c1-5-7-10-13-20(14(3)4)17(15(18)6-2)16-11-8-9-12-19-16/h8-9,11-12,14-15,17H,5-7,10,13,18H2,1-4H3. The predicted octanol–water partition coefficient (Wildman–Crippen LogP) is 3.76. The van der Waals surface area contributed by atoms with E-state index in [4.69, 9.17) is 5.73 Å². The second kappa shape index (κ2) is 9.09. The number of nitrogens with zero attached hydrogens (tertiary/aromatic N) is 2. The van der Waals surface area contributed by atoms with Crippen molar-refractivity contribution in [2.75, 3.05) is 6.54 Å². The highest BCUT2D eigenvalue weighted by atomic mass is 15.2. The molecule has 2 N–H and O–H groups in total. The predicted molar refractivity (Wildman–Crippen MR) is 86.6 cm³/mol. The molecule has 114 valence electrons. The average molecular weight is 277 g/mol. The van der Waals surface area contributed by atoms with Gasteiger partial charge in [-0.1, -0.05) is 32.8 Å². The van der Waals surface area contributed by atoms with Gasteiger partial charge in [0.15, 0.2) is 0 Å². The van der Waals surface area contributed by atoms with Crippen LogP contribution < -0.4 is 5.73 Å². The quantitative estimate of drug-likeness (QED) is 0.699. The minimum Gasteiger partial charge on any atom is -0.326 e. The summed E-state index contributed by atoms with van der Waals surface area (Å²) in [6.45, 7) is 10.0. The zero-order valence-corrected chi connectivity index (χ0v) is 13.5. The van der Waals surface area contributed by atoms with Crippen molar-refractivity contribution < 1.29 is 0 Å². The van der Waals surface area contributed by atoms with E-state index in [-0.39, 0.29) is 12.1 Å². The molecule has 0 bridgehead atoms. The largest absolute Gasteiger partial charge is 0.326 e. The van der Waals surface area contributed by atoms with Crippen LogP contribution in [0.15, 0.2) is 24.4 Å². The first-order chi connectivity index (χ1) is 9.61. The maximum absolute atomic E-state index is 6.41. The summed E-state index contributed by atoms with van der Waals surface area (Å²) in [4.78, 5) is 7.08. The average Bonchev–Trinajstić information content (AvgIpc) is 2.46. The Bertz CT molecular complexity index is 351. The molecule has 0 aliphatic heterocycles. The molecule has 0 aliphatic rings. The Morgan fingerprint density at radius 2 is 1.95 bits per heavy atom. The second-order valence-electron chi connectivity index (χ2n) is 5.81. The minimum atomic E-state index is 0.133. The fourth-order valence-electron chi connectivity index (χ4n) is 2.67. The van der Waals surface area contributed by atoms with Crippen LogP contribution in [-0.4, -0.2) is 28.5 Å². The van der Waals surface area contributed by atoms with Crippen molar-refractivity contribution in [1.82, 2.24) is 9.88 Å². The van der Waals surface area contributed by atoms with Crippen molar-refractivity contribution in [3.8, 4) is 0 Å². The third-order valence-electron chi connectivity index (χ3n) is 3.91. The molecule has 0 aromatic carbocycles. The lowest BCUT2D eigenvalue weighted by atomic mass is 9.98. The molecule has 3 heteroatoms. The van der Waals surface area contributed by atoms with Gasteiger partial charge in [0.2, 0.25) is 0 Å². The van der Waals surface area contributed by atoms with Crippen LogP contribution in [0.5, 0.6) is 0 Å². The maximum Gasteiger partial charge on any atom is 0.0675 e. The van der Waals surface area contributed by atoms with Gasteiger partial charge in [-0.2, -0.15) is 0 Å². The van der Waals surface area contributed by atoms with Gasteiger partial charge in [-0.15, -0.1) is 0 Å². The van der Waals surface area contributed by atoms with E-state index in [9.17, 15) is 0 Å². The normalized spacial score (nSPS) is 14.8. The summed E-state index contributed by atoms with van der Waals surface area (Å²) in [5.41, 5.74) is 7.51. The molecule has 1 aromatic heterocycles. The third kappa shape index (κ3) is 4.88. The monoisotopic (exact) mass is 277 g/mol. The number of aromatic nitrogens is 1. The van der Waals surface area contributed by atoms with Crippen molar-refractivity contribution in [1.29, 1.82) is 0 Å². The molecular formula is C17H31N3. The maximum atomic E-state index is 6.41. The molecule has 0 fully saturated rings. The van der Waals surface area contributed by atoms with Crippen molar-refractivity contribution in [2.24, 2.45) is 5.73 Å². The Kier molecular flexibility index (Phi) is 7.78. The first-order valence-corrected chi connectivity index (χ1v) is 8.04. The zero-order chi connectivity index (χ0) is 15.0. The van der Waals surface area contributed by atoms with Crippen LogP contribution in [0, 0.1) is 0 Å². The van der Waals surface area contributed by atoms with Crippen LogP contribution in [0.1, 0.15) is 65.1 Å². The van der Waals surface area contributed by atoms with Gasteiger partial charge in [0.25, 0.3) is 0 Å². The van der Waals surface area contributed by atoms with E-state index < -0.39 is 0 Å². The SMILES string of the molecule is CCCCCN(C(C)C)C(c1ccccn1)C(N)CC. The van der Waals surface area contributed by atoms with Gasteiger partial charge in [-0.3, -0.25) is 9.88 Å². The lowest BCUT2D eigenvalue weighted by molar-refractivity contribution is 0.124. The Labute approximate surface area is 124 Å². The van der Waals surface area contributed by atoms with E-state index in [1.54, 1.807) is 0 Å². The van der Waals surface area contributed by atoms with Crippen molar-refractivity contribution in [2.45, 2.75) is 71.5 Å². The summed E-state index contributed by atoms with van der Waals surface area (Å²) >= 11 is 0. The molecule has 2 atom stereocenters. The van der Waals surface area contributed by atoms with Crippen molar-refractivity contribution in [3.05, 3.63) is 30.1 Å². The molecule has 2 unspecified atom stereocenters. The van der Waals surface area contributed by atoms with Gasteiger partial charge >= 0.3 is 0 Å². The summed E-state index contributed by atoms with van der Waals surface area (Å²) in [6.07, 6.45) is 6.60. The van der Waals surface area contributed by atoms with E-state index in [0.717, 1.165) is 18.7 Å². The van der Waals surface area contributed by atoms with Gasteiger partial charge < -0.3 is 5.73 Å². The van der Waals surface area contributed by atoms with Crippen molar-refractivity contribution >= 4 is 0 Å². The number of rotatable bonds is 9. The summed E-state index contributed by atoms with van der Waals surface area (Å²) in [7, 11) is 0. The highest BCUT2D eigenvalue weighted by molar-refractivity contribution is 5.12. The summed E-state index contributed by atoms with van der Waals surface area (Å²) in [5, 5.41) is 0. The zero-order valence-electron chi connectivity index (χ0n) is 13.5. The summed E-state index contributed by atoms with van der Waals surface area (Å²) in [6, 6.07) is 6.97. The van der Waals surface area contributed by atoms with Gasteiger partial charge in [-0.05, 0) is 45.4 Å². The molecule has 0 spiro atoms. The third-order valence-corrected chi connectivity index (χ3v) is 3.91. The molecule has 1 rings (SSSR count). The number of hydrogen-bond donors (Lipinski definition) is 1.